The average Bonchev–Trinajstić information content (AvgIpc) is 3.01. The molecule has 2 aromatic heterocycles. The third kappa shape index (κ3) is 2.89. The SMILES string of the molecule is CCCc1cccc(-c2nc(N)nc(-n3ccnc3)n2)c1. The molecule has 2 N–H and O–H groups in total. The third-order valence-electron chi connectivity index (χ3n) is 3.10. The molecule has 106 valence electrons. The molecule has 6 heteroatoms. The number of aromatic nitrogens is 5. The number of hydrogen-bond acceptors (Lipinski definition) is 5. The smallest absolute Gasteiger partial charge is 0.240 e. The molecule has 21 heavy (non-hydrogen) atoms. The summed E-state index contributed by atoms with van der Waals surface area (Å²) in [6.45, 7) is 2.16. The van der Waals surface area contributed by atoms with Crippen molar-refractivity contribution < 1.29 is 0 Å². The zero-order valence-corrected chi connectivity index (χ0v) is 11.8. The molecule has 0 aliphatic heterocycles. The number of benzene rings is 1. The monoisotopic (exact) mass is 280 g/mol. The van der Waals surface area contributed by atoms with Gasteiger partial charge in [-0.3, -0.25) is 4.57 Å². The predicted molar refractivity (Wildman–Crippen MR) is 80.8 cm³/mol. The quantitative estimate of drug-likeness (QED) is 0.792. The van der Waals surface area contributed by atoms with Crippen molar-refractivity contribution in [3.05, 3.63) is 48.5 Å². The Morgan fingerprint density at radius 3 is 2.86 bits per heavy atom. The van der Waals surface area contributed by atoms with Crippen LogP contribution in [0, 0.1) is 0 Å². The van der Waals surface area contributed by atoms with Crippen LogP contribution in [0.1, 0.15) is 18.9 Å². The van der Waals surface area contributed by atoms with Crippen LogP contribution in [0.4, 0.5) is 5.95 Å². The lowest BCUT2D eigenvalue weighted by Gasteiger charge is -2.06. The molecule has 0 spiro atoms. The lowest BCUT2D eigenvalue weighted by molar-refractivity contribution is 0.903. The molecule has 0 radical (unpaired) electrons. The number of anilines is 1. The molecule has 0 bridgehead atoms. The first kappa shape index (κ1) is 13.2. The maximum atomic E-state index is 5.80. The topological polar surface area (TPSA) is 82.5 Å². The van der Waals surface area contributed by atoms with Gasteiger partial charge in [0, 0.05) is 18.0 Å². The van der Waals surface area contributed by atoms with E-state index in [0.29, 0.717) is 11.8 Å². The van der Waals surface area contributed by atoms with Crippen LogP contribution in [0.25, 0.3) is 17.3 Å². The fourth-order valence-corrected chi connectivity index (χ4v) is 2.16. The first-order valence-corrected chi connectivity index (χ1v) is 6.85. The Balaban J connectivity index is 2.04. The van der Waals surface area contributed by atoms with Crippen LogP contribution < -0.4 is 5.73 Å². The van der Waals surface area contributed by atoms with E-state index in [1.165, 1.54) is 5.56 Å². The highest BCUT2D eigenvalue weighted by molar-refractivity contribution is 5.57. The van der Waals surface area contributed by atoms with Crippen molar-refractivity contribution in [2.75, 3.05) is 5.73 Å². The molecule has 0 amide bonds. The van der Waals surface area contributed by atoms with Crippen molar-refractivity contribution >= 4 is 5.95 Å². The second-order valence-electron chi connectivity index (χ2n) is 4.74. The van der Waals surface area contributed by atoms with Gasteiger partial charge in [0.15, 0.2) is 5.82 Å². The van der Waals surface area contributed by atoms with E-state index in [4.69, 9.17) is 5.73 Å². The Hall–Kier alpha value is -2.76. The van der Waals surface area contributed by atoms with E-state index in [-0.39, 0.29) is 5.95 Å². The molecule has 0 fully saturated rings. The Morgan fingerprint density at radius 1 is 1.19 bits per heavy atom. The first-order valence-electron chi connectivity index (χ1n) is 6.85. The van der Waals surface area contributed by atoms with Crippen LogP contribution in [0.5, 0.6) is 0 Å². The van der Waals surface area contributed by atoms with Crippen molar-refractivity contribution in [3.8, 4) is 17.3 Å². The van der Waals surface area contributed by atoms with Crippen molar-refractivity contribution in [1.29, 1.82) is 0 Å². The summed E-state index contributed by atoms with van der Waals surface area (Å²) in [5.41, 5.74) is 8.01. The molecule has 0 aliphatic carbocycles. The summed E-state index contributed by atoms with van der Waals surface area (Å²) in [4.78, 5) is 16.8. The molecular formula is C15H16N6. The van der Waals surface area contributed by atoms with E-state index in [9.17, 15) is 0 Å². The van der Waals surface area contributed by atoms with Gasteiger partial charge < -0.3 is 5.73 Å². The normalized spacial score (nSPS) is 10.7. The molecule has 0 unspecified atom stereocenters. The third-order valence-corrected chi connectivity index (χ3v) is 3.10. The Labute approximate surface area is 122 Å². The molecule has 3 rings (SSSR count). The standard InChI is InChI=1S/C15H16N6/c1-2-4-11-5-3-6-12(9-11)13-18-14(16)20-15(19-13)21-8-7-17-10-21/h3,5-10H,2,4H2,1H3,(H2,16,18,19,20). The highest BCUT2D eigenvalue weighted by Gasteiger charge is 2.08. The number of aryl methyl sites for hydroxylation is 1. The van der Waals surface area contributed by atoms with Gasteiger partial charge in [-0.25, -0.2) is 4.98 Å². The van der Waals surface area contributed by atoms with Gasteiger partial charge in [-0.1, -0.05) is 31.5 Å². The largest absolute Gasteiger partial charge is 0.368 e. The zero-order valence-electron chi connectivity index (χ0n) is 11.8. The lowest BCUT2D eigenvalue weighted by Crippen LogP contribution is -2.06. The van der Waals surface area contributed by atoms with Crippen LogP contribution in [0.15, 0.2) is 43.0 Å². The van der Waals surface area contributed by atoms with Crippen LogP contribution in [-0.2, 0) is 6.42 Å². The van der Waals surface area contributed by atoms with E-state index in [0.717, 1.165) is 18.4 Å². The fraction of sp³-hybridized carbons (Fsp3) is 0.200. The molecule has 1 aromatic carbocycles. The number of nitrogens with two attached hydrogens (primary N) is 1. The molecule has 6 nitrogen and oxygen atoms in total. The molecule has 0 atom stereocenters. The summed E-state index contributed by atoms with van der Waals surface area (Å²) in [5, 5.41) is 0. The fourth-order valence-electron chi connectivity index (χ4n) is 2.16. The van der Waals surface area contributed by atoms with E-state index in [1.54, 1.807) is 23.3 Å². The zero-order chi connectivity index (χ0) is 14.7. The second-order valence-corrected chi connectivity index (χ2v) is 4.74. The Bertz CT molecular complexity index is 736. The van der Waals surface area contributed by atoms with Crippen molar-refractivity contribution in [3.63, 3.8) is 0 Å². The first-order chi connectivity index (χ1) is 10.3. The second kappa shape index (κ2) is 5.70. The summed E-state index contributed by atoms with van der Waals surface area (Å²) in [5.74, 6) is 1.24. The van der Waals surface area contributed by atoms with Crippen molar-refractivity contribution in [2.24, 2.45) is 0 Å². The number of nitrogens with zero attached hydrogens (tertiary/aromatic N) is 5. The van der Waals surface area contributed by atoms with Gasteiger partial charge in [-0.15, -0.1) is 0 Å². The highest BCUT2D eigenvalue weighted by Crippen LogP contribution is 2.19. The van der Waals surface area contributed by atoms with Gasteiger partial charge in [0.1, 0.15) is 6.33 Å². The number of hydrogen-bond donors (Lipinski definition) is 1. The van der Waals surface area contributed by atoms with Gasteiger partial charge in [0.05, 0.1) is 0 Å². The number of nitrogen functional groups attached to an aromatic ring is 1. The molecule has 0 saturated heterocycles. The predicted octanol–water partition coefficient (Wildman–Crippen LogP) is 2.26. The van der Waals surface area contributed by atoms with E-state index in [2.05, 4.69) is 39.0 Å². The van der Waals surface area contributed by atoms with E-state index in [1.807, 2.05) is 12.1 Å². The van der Waals surface area contributed by atoms with Crippen LogP contribution in [0.2, 0.25) is 0 Å². The molecule has 0 aliphatic rings. The lowest BCUT2D eigenvalue weighted by atomic mass is 10.1. The molecule has 2 heterocycles. The van der Waals surface area contributed by atoms with Crippen molar-refractivity contribution in [1.82, 2.24) is 24.5 Å². The summed E-state index contributed by atoms with van der Waals surface area (Å²) in [7, 11) is 0. The van der Waals surface area contributed by atoms with Crippen LogP contribution >= 0.6 is 0 Å². The maximum absolute atomic E-state index is 5.80. The van der Waals surface area contributed by atoms with Gasteiger partial charge in [-0.2, -0.15) is 15.0 Å². The van der Waals surface area contributed by atoms with Gasteiger partial charge in [-0.05, 0) is 18.1 Å². The molecule has 0 saturated carbocycles. The average molecular weight is 280 g/mol. The van der Waals surface area contributed by atoms with Crippen molar-refractivity contribution in [2.45, 2.75) is 19.8 Å². The highest BCUT2D eigenvalue weighted by atomic mass is 15.2. The number of rotatable bonds is 4. The van der Waals surface area contributed by atoms with Crippen LogP contribution in [0.3, 0.4) is 0 Å². The summed E-state index contributed by atoms with van der Waals surface area (Å²) >= 11 is 0. The minimum Gasteiger partial charge on any atom is -0.368 e. The van der Waals surface area contributed by atoms with Crippen LogP contribution in [-0.4, -0.2) is 24.5 Å². The van der Waals surface area contributed by atoms with Gasteiger partial charge >= 0.3 is 0 Å². The maximum Gasteiger partial charge on any atom is 0.240 e. The van der Waals surface area contributed by atoms with E-state index >= 15 is 0 Å². The molecule has 3 aromatic rings. The van der Waals surface area contributed by atoms with E-state index < -0.39 is 0 Å². The van der Waals surface area contributed by atoms with Gasteiger partial charge in [0.25, 0.3) is 0 Å². The van der Waals surface area contributed by atoms with Gasteiger partial charge in [0.2, 0.25) is 11.9 Å². The summed E-state index contributed by atoms with van der Waals surface area (Å²) in [6, 6.07) is 8.19. The Morgan fingerprint density at radius 2 is 2.10 bits per heavy atom. The minimum absolute atomic E-state index is 0.199. The number of imidazole rings is 1. The molecular weight excluding hydrogens is 264 g/mol. The summed E-state index contributed by atoms with van der Waals surface area (Å²) < 4.78 is 1.71. The minimum atomic E-state index is 0.199. The summed E-state index contributed by atoms with van der Waals surface area (Å²) in [6.07, 6.45) is 7.20. The Kier molecular flexibility index (Phi) is 3.59.